The number of aromatic nitrogens is 1. The van der Waals surface area contributed by atoms with Crippen molar-refractivity contribution in [2.45, 2.75) is 19.8 Å². The Balaban J connectivity index is 1.79. The molecule has 1 aromatic heterocycles. The molecule has 0 bridgehead atoms. The van der Waals surface area contributed by atoms with E-state index < -0.39 is 0 Å². The normalized spacial score (nSPS) is 10.3. The number of nitriles is 1. The van der Waals surface area contributed by atoms with Gasteiger partial charge in [0.05, 0.1) is 11.6 Å². The Kier molecular flexibility index (Phi) is 5.48. The zero-order valence-electron chi connectivity index (χ0n) is 15.2. The van der Waals surface area contributed by atoms with E-state index in [-0.39, 0.29) is 5.91 Å². The molecule has 0 unspecified atom stereocenters. The highest BCUT2D eigenvalue weighted by molar-refractivity contribution is 6.03. The molecule has 2 N–H and O–H groups in total. The summed E-state index contributed by atoms with van der Waals surface area (Å²) in [4.78, 5) is 16.8. The number of carbonyl (C=O) groups is 1. The monoisotopic (exact) mass is 356 g/mol. The van der Waals surface area contributed by atoms with Crippen LogP contribution in [0.4, 0.5) is 17.1 Å². The number of benzene rings is 2. The molecule has 1 amide bonds. The lowest BCUT2D eigenvalue weighted by atomic mass is 10.0. The van der Waals surface area contributed by atoms with Crippen molar-refractivity contribution < 1.29 is 4.79 Å². The van der Waals surface area contributed by atoms with Gasteiger partial charge in [0.25, 0.3) is 5.91 Å². The molecule has 1 heterocycles. The molecular formula is C22H20N4O. The Hall–Kier alpha value is -3.65. The van der Waals surface area contributed by atoms with Gasteiger partial charge < -0.3 is 10.6 Å². The predicted molar refractivity (Wildman–Crippen MR) is 107 cm³/mol. The Labute approximate surface area is 158 Å². The summed E-state index contributed by atoms with van der Waals surface area (Å²) in [5, 5.41) is 15.1. The summed E-state index contributed by atoms with van der Waals surface area (Å²) in [5.74, 6) is 0.0346. The van der Waals surface area contributed by atoms with Crippen LogP contribution in [0.15, 0.2) is 66.9 Å². The van der Waals surface area contributed by atoms with Crippen LogP contribution in [0.2, 0.25) is 0 Å². The van der Waals surface area contributed by atoms with Gasteiger partial charge >= 0.3 is 0 Å². The highest BCUT2D eigenvalue weighted by Gasteiger charge is 2.12. The first-order valence-electron chi connectivity index (χ1n) is 8.70. The zero-order valence-corrected chi connectivity index (χ0v) is 15.2. The topological polar surface area (TPSA) is 77.8 Å². The lowest BCUT2D eigenvalue weighted by molar-refractivity contribution is 0.102. The van der Waals surface area contributed by atoms with Crippen LogP contribution in [0.25, 0.3) is 0 Å². The van der Waals surface area contributed by atoms with Crippen LogP contribution in [0, 0.1) is 11.3 Å². The maximum absolute atomic E-state index is 12.6. The van der Waals surface area contributed by atoms with Gasteiger partial charge in [0.2, 0.25) is 0 Å². The number of hydrogen-bond acceptors (Lipinski definition) is 4. The number of anilines is 3. The van der Waals surface area contributed by atoms with Gasteiger partial charge in [-0.15, -0.1) is 0 Å². The molecule has 3 rings (SSSR count). The summed E-state index contributed by atoms with van der Waals surface area (Å²) in [6.07, 6.45) is 1.58. The molecule has 0 aliphatic carbocycles. The molecule has 2 aromatic carbocycles. The smallest absolute Gasteiger partial charge is 0.274 e. The minimum atomic E-state index is -0.266. The van der Waals surface area contributed by atoms with E-state index in [2.05, 4.69) is 35.5 Å². The van der Waals surface area contributed by atoms with Crippen molar-refractivity contribution in [1.29, 1.82) is 5.26 Å². The molecule has 0 spiro atoms. The van der Waals surface area contributed by atoms with E-state index in [1.807, 2.05) is 30.3 Å². The highest BCUT2D eigenvalue weighted by atomic mass is 16.1. The lowest BCUT2D eigenvalue weighted by Crippen LogP contribution is -2.15. The summed E-state index contributed by atoms with van der Waals surface area (Å²) in [6, 6.07) is 20.5. The van der Waals surface area contributed by atoms with Crippen LogP contribution >= 0.6 is 0 Å². The van der Waals surface area contributed by atoms with Crippen molar-refractivity contribution in [3.8, 4) is 6.07 Å². The number of amides is 1. The molecule has 5 nitrogen and oxygen atoms in total. The van der Waals surface area contributed by atoms with Gasteiger partial charge in [-0.2, -0.15) is 5.26 Å². The number of para-hydroxylation sites is 1. The van der Waals surface area contributed by atoms with Crippen molar-refractivity contribution in [2.75, 3.05) is 10.6 Å². The summed E-state index contributed by atoms with van der Waals surface area (Å²) in [6.45, 7) is 4.17. The minimum absolute atomic E-state index is 0.266. The molecule has 0 saturated heterocycles. The predicted octanol–water partition coefficient (Wildman–Crippen LogP) is 5.07. The third-order valence-corrected chi connectivity index (χ3v) is 4.10. The zero-order chi connectivity index (χ0) is 19.2. The molecule has 0 radical (unpaired) electrons. The molecule has 5 heteroatoms. The van der Waals surface area contributed by atoms with E-state index in [0.717, 1.165) is 22.6 Å². The molecule has 3 aromatic rings. The first kappa shape index (κ1) is 18.2. The molecule has 0 atom stereocenters. The van der Waals surface area contributed by atoms with Crippen LogP contribution in [0.1, 0.15) is 41.4 Å². The number of carbonyl (C=O) groups excluding carboxylic acids is 1. The first-order valence-corrected chi connectivity index (χ1v) is 8.70. The van der Waals surface area contributed by atoms with E-state index in [9.17, 15) is 4.79 Å². The average Bonchev–Trinajstić information content (AvgIpc) is 2.68. The van der Waals surface area contributed by atoms with E-state index in [1.165, 1.54) is 0 Å². The summed E-state index contributed by atoms with van der Waals surface area (Å²) < 4.78 is 0. The van der Waals surface area contributed by atoms with Crippen LogP contribution in [-0.4, -0.2) is 10.9 Å². The quantitative estimate of drug-likeness (QED) is 0.669. The lowest BCUT2D eigenvalue weighted by Gasteiger charge is -2.14. The SMILES string of the molecule is CC(C)c1ccccc1NC(=O)c1cc(Nc2cccc(C#N)c2)ccn1. The minimum Gasteiger partial charge on any atom is -0.355 e. The van der Waals surface area contributed by atoms with Gasteiger partial charge in [-0.25, -0.2) is 0 Å². The molecule has 0 saturated carbocycles. The first-order chi connectivity index (χ1) is 13.1. The standard InChI is InChI=1S/C22H20N4O/c1-15(2)19-8-3-4-9-20(19)26-22(27)21-13-18(10-11-24-21)25-17-7-5-6-16(12-17)14-23/h3-13,15H,1-2H3,(H,24,25)(H,26,27). The van der Waals surface area contributed by atoms with Gasteiger partial charge in [-0.3, -0.25) is 9.78 Å². The fourth-order valence-electron chi connectivity index (χ4n) is 2.77. The van der Waals surface area contributed by atoms with Crippen LogP contribution in [-0.2, 0) is 0 Å². The van der Waals surface area contributed by atoms with E-state index in [4.69, 9.17) is 5.26 Å². The van der Waals surface area contributed by atoms with Gasteiger partial charge in [0, 0.05) is 23.3 Å². The molecule has 0 aliphatic rings. The van der Waals surface area contributed by atoms with Crippen LogP contribution in [0.5, 0.6) is 0 Å². The van der Waals surface area contributed by atoms with Crippen molar-refractivity contribution >= 4 is 23.0 Å². The molecule has 0 fully saturated rings. The molecule has 27 heavy (non-hydrogen) atoms. The third-order valence-electron chi connectivity index (χ3n) is 4.10. The Morgan fingerprint density at radius 3 is 2.59 bits per heavy atom. The molecule has 0 aliphatic heterocycles. The van der Waals surface area contributed by atoms with E-state index in [1.54, 1.807) is 36.5 Å². The molecule has 134 valence electrons. The number of pyridine rings is 1. The van der Waals surface area contributed by atoms with Crippen LogP contribution < -0.4 is 10.6 Å². The van der Waals surface area contributed by atoms with Gasteiger partial charge in [-0.05, 0) is 47.9 Å². The van der Waals surface area contributed by atoms with E-state index in [0.29, 0.717) is 17.2 Å². The fraction of sp³-hybridized carbons (Fsp3) is 0.136. The Bertz CT molecular complexity index is 1000. The maximum atomic E-state index is 12.6. The van der Waals surface area contributed by atoms with Crippen molar-refractivity contribution in [1.82, 2.24) is 4.98 Å². The van der Waals surface area contributed by atoms with Gasteiger partial charge in [-0.1, -0.05) is 38.1 Å². The van der Waals surface area contributed by atoms with Crippen molar-refractivity contribution in [3.05, 3.63) is 83.7 Å². The summed E-state index contributed by atoms with van der Waals surface area (Å²) in [7, 11) is 0. The number of hydrogen-bond donors (Lipinski definition) is 2. The number of nitrogens with one attached hydrogen (secondary N) is 2. The highest BCUT2D eigenvalue weighted by Crippen LogP contribution is 2.24. The average molecular weight is 356 g/mol. The van der Waals surface area contributed by atoms with Crippen LogP contribution in [0.3, 0.4) is 0 Å². The fourth-order valence-corrected chi connectivity index (χ4v) is 2.77. The largest absolute Gasteiger partial charge is 0.355 e. The maximum Gasteiger partial charge on any atom is 0.274 e. The number of nitrogens with zero attached hydrogens (tertiary/aromatic N) is 2. The Morgan fingerprint density at radius 2 is 1.81 bits per heavy atom. The summed E-state index contributed by atoms with van der Waals surface area (Å²) >= 11 is 0. The second kappa shape index (κ2) is 8.15. The van der Waals surface area contributed by atoms with Crippen molar-refractivity contribution in [2.24, 2.45) is 0 Å². The second-order valence-electron chi connectivity index (χ2n) is 6.44. The second-order valence-corrected chi connectivity index (χ2v) is 6.44. The Morgan fingerprint density at radius 1 is 1.04 bits per heavy atom. The van der Waals surface area contributed by atoms with Gasteiger partial charge in [0.1, 0.15) is 5.69 Å². The molecular weight excluding hydrogens is 336 g/mol. The van der Waals surface area contributed by atoms with Crippen molar-refractivity contribution in [3.63, 3.8) is 0 Å². The van der Waals surface area contributed by atoms with Gasteiger partial charge in [0.15, 0.2) is 0 Å². The summed E-state index contributed by atoms with van der Waals surface area (Å²) in [5.41, 5.74) is 4.25. The third kappa shape index (κ3) is 4.50. The number of rotatable bonds is 5. The van der Waals surface area contributed by atoms with E-state index >= 15 is 0 Å².